The first-order chi connectivity index (χ1) is 19.5. The van der Waals surface area contributed by atoms with Gasteiger partial charge in [0.1, 0.15) is 28.1 Å². The molecule has 0 atom stereocenters. The molecule has 198 valence electrons. The molecule has 6 rings (SSSR count). The summed E-state index contributed by atoms with van der Waals surface area (Å²) in [5.41, 5.74) is 5.65. The zero-order valence-corrected chi connectivity index (χ0v) is 23.3. The molecular weight excluding hydrogens is 539 g/mol. The maximum Gasteiger partial charge on any atom is 0.266 e. The van der Waals surface area contributed by atoms with E-state index in [-0.39, 0.29) is 5.91 Å². The number of amides is 1. The minimum Gasteiger partial charge on any atom is -0.489 e. The second-order valence-electron chi connectivity index (χ2n) is 9.36. The Labute approximate surface area is 241 Å². The van der Waals surface area contributed by atoms with Crippen molar-refractivity contribution < 1.29 is 13.9 Å². The molecule has 2 aromatic heterocycles. The smallest absolute Gasteiger partial charge is 0.266 e. The van der Waals surface area contributed by atoms with E-state index in [9.17, 15) is 4.79 Å². The van der Waals surface area contributed by atoms with Crippen LogP contribution < -0.4 is 4.74 Å². The minimum atomic E-state index is -0.153. The summed E-state index contributed by atoms with van der Waals surface area (Å²) >= 11 is 6.82. The van der Waals surface area contributed by atoms with E-state index in [1.165, 1.54) is 17.3 Å². The van der Waals surface area contributed by atoms with Gasteiger partial charge in [-0.1, -0.05) is 84.1 Å². The third-order valence-electron chi connectivity index (χ3n) is 6.45. The number of aromatic nitrogens is 2. The van der Waals surface area contributed by atoms with Crippen LogP contribution in [0.1, 0.15) is 22.5 Å². The Hall–Kier alpha value is -4.40. The Balaban J connectivity index is 1.32. The average Bonchev–Trinajstić information content (AvgIpc) is 3.71. The van der Waals surface area contributed by atoms with Crippen LogP contribution in [0, 0.1) is 6.92 Å². The predicted octanol–water partition coefficient (Wildman–Crippen LogP) is 7.42. The van der Waals surface area contributed by atoms with E-state index >= 15 is 0 Å². The molecule has 40 heavy (non-hydrogen) atoms. The molecule has 1 aliphatic heterocycles. The molecule has 0 spiro atoms. The Kier molecular flexibility index (Phi) is 7.35. The first-order valence-corrected chi connectivity index (χ1v) is 14.0. The zero-order chi connectivity index (χ0) is 27.5. The highest BCUT2D eigenvalue weighted by Crippen LogP contribution is 2.36. The number of carbonyl (C=O) groups excluding carboxylic acids is 1. The van der Waals surface area contributed by atoms with Crippen molar-refractivity contribution in [2.75, 3.05) is 0 Å². The summed E-state index contributed by atoms with van der Waals surface area (Å²) in [6, 6.07) is 29.7. The van der Waals surface area contributed by atoms with Crippen molar-refractivity contribution in [3.05, 3.63) is 131 Å². The van der Waals surface area contributed by atoms with Crippen molar-refractivity contribution >= 4 is 40.3 Å². The summed E-state index contributed by atoms with van der Waals surface area (Å²) in [7, 11) is 0. The monoisotopic (exact) mass is 563 g/mol. The van der Waals surface area contributed by atoms with Crippen molar-refractivity contribution in [2.45, 2.75) is 20.1 Å². The van der Waals surface area contributed by atoms with Crippen LogP contribution in [0.5, 0.6) is 5.75 Å². The van der Waals surface area contributed by atoms with E-state index in [2.05, 4.69) is 31.2 Å². The lowest BCUT2D eigenvalue weighted by molar-refractivity contribution is -0.122. The third kappa shape index (κ3) is 5.64. The van der Waals surface area contributed by atoms with E-state index < -0.39 is 0 Å². The second kappa shape index (κ2) is 11.4. The number of furan rings is 1. The number of thiocarbonyl (C=S) groups is 1. The summed E-state index contributed by atoms with van der Waals surface area (Å²) in [5, 5.41) is 4.92. The van der Waals surface area contributed by atoms with Gasteiger partial charge >= 0.3 is 0 Å². The van der Waals surface area contributed by atoms with Gasteiger partial charge in [0.05, 0.1) is 23.4 Å². The first kappa shape index (κ1) is 25.9. The molecule has 3 aromatic carbocycles. The van der Waals surface area contributed by atoms with Gasteiger partial charge in [0, 0.05) is 17.3 Å². The molecule has 1 aliphatic rings. The summed E-state index contributed by atoms with van der Waals surface area (Å²) in [6.07, 6.45) is 5.39. The van der Waals surface area contributed by atoms with Crippen LogP contribution in [0.25, 0.3) is 23.0 Å². The second-order valence-corrected chi connectivity index (χ2v) is 11.0. The van der Waals surface area contributed by atoms with Crippen LogP contribution in [-0.4, -0.2) is 24.9 Å². The topological polar surface area (TPSA) is 60.5 Å². The average molecular weight is 564 g/mol. The molecule has 0 saturated carbocycles. The van der Waals surface area contributed by atoms with Crippen molar-refractivity contribution in [3.8, 4) is 22.7 Å². The fourth-order valence-electron chi connectivity index (χ4n) is 4.35. The largest absolute Gasteiger partial charge is 0.489 e. The van der Waals surface area contributed by atoms with Gasteiger partial charge in [0.25, 0.3) is 5.91 Å². The predicted molar refractivity (Wildman–Crippen MR) is 162 cm³/mol. The van der Waals surface area contributed by atoms with Crippen LogP contribution in [0.2, 0.25) is 0 Å². The number of carbonyl (C=O) groups is 1. The number of benzene rings is 3. The highest BCUT2D eigenvalue weighted by Gasteiger charge is 2.33. The normalized spacial score (nSPS) is 14.3. The number of para-hydroxylation sites is 1. The molecule has 8 heteroatoms. The van der Waals surface area contributed by atoms with E-state index in [0.717, 1.165) is 33.8 Å². The van der Waals surface area contributed by atoms with E-state index in [0.29, 0.717) is 28.1 Å². The molecule has 0 bridgehead atoms. The van der Waals surface area contributed by atoms with Crippen LogP contribution >= 0.6 is 24.0 Å². The zero-order valence-electron chi connectivity index (χ0n) is 21.7. The van der Waals surface area contributed by atoms with E-state index in [1.807, 2.05) is 77.6 Å². The molecule has 0 N–H and O–H groups in total. The maximum absolute atomic E-state index is 13.3. The number of thioether (sulfide) groups is 1. The SMILES string of the molecule is Cc1ccc(COc2cccc(-c3nn(-c4ccccc4)cc3C=C3SC(=S)N(Cc4ccco4)C3=O)c2)cc1. The molecule has 6 nitrogen and oxygen atoms in total. The van der Waals surface area contributed by atoms with Gasteiger partial charge in [0.2, 0.25) is 0 Å². The summed E-state index contributed by atoms with van der Waals surface area (Å²) < 4.78 is 13.9. The third-order valence-corrected chi connectivity index (χ3v) is 7.83. The van der Waals surface area contributed by atoms with Gasteiger partial charge in [-0.2, -0.15) is 5.10 Å². The van der Waals surface area contributed by atoms with Crippen LogP contribution in [0.3, 0.4) is 0 Å². The lowest BCUT2D eigenvalue weighted by atomic mass is 10.1. The number of nitrogens with zero attached hydrogens (tertiary/aromatic N) is 3. The highest BCUT2D eigenvalue weighted by atomic mass is 32.2. The molecule has 0 aliphatic carbocycles. The lowest BCUT2D eigenvalue weighted by Crippen LogP contribution is -2.27. The highest BCUT2D eigenvalue weighted by molar-refractivity contribution is 8.26. The quantitative estimate of drug-likeness (QED) is 0.145. The maximum atomic E-state index is 13.3. The fraction of sp³-hybridized carbons (Fsp3) is 0.0938. The van der Waals surface area contributed by atoms with Gasteiger partial charge in [-0.05, 0) is 55.0 Å². The number of hydrogen-bond donors (Lipinski definition) is 0. The summed E-state index contributed by atoms with van der Waals surface area (Å²) in [5.74, 6) is 1.26. The van der Waals surface area contributed by atoms with Crippen LogP contribution in [-0.2, 0) is 17.9 Å². The van der Waals surface area contributed by atoms with E-state index in [1.54, 1.807) is 17.2 Å². The number of ether oxygens (including phenoxy) is 1. The van der Waals surface area contributed by atoms with Gasteiger partial charge in [-0.25, -0.2) is 4.68 Å². The molecule has 5 aromatic rings. The van der Waals surface area contributed by atoms with Crippen LogP contribution in [0.4, 0.5) is 0 Å². The first-order valence-electron chi connectivity index (χ1n) is 12.7. The minimum absolute atomic E-state index is 0.153. The van der Waals surface area contributed by atoms with Crippen molar-refractivity contribution in [1.82, 2.24) is 14.7 Å². The number of rotatable bonds is 8. The van der Waals surface area contributed by atoms with Gasteiger partial charge in [-0.15, -0.1) is 0 Å². The fourth-order valence-corrected chi connectivity index (χ4v) is 5.60. The molecule has 3 heterocycles. The van der Waals surface area contributed by atoms with E-state index in [4.69, 9.17) is 26.5 Å². The summed E-state index contributed by atoms with van der Waals surface area (Å²) in [6.45, 7) is 2.83. The van der Waals surface area contributed by atoms with Crippen molar-refractivity contribution in [2.24, 2.45) is 0 Å². The number of hydrogen-bond acceptors (Lipinski definition) is 6. The molecule has 1 fully saturated rings. The molecule has 1 saturated heterocycles. The van der Waals surface area contributed by atoms with Crippen molar-refractivity contribution in [3.63, 3.8) is 0 Å². The van der Waals surface area contributed by atoms with Crippen molar-refractivity contribution in [1.29, 1.82) is 0 Å². The standard InChI is InChI=1S/C32H25N3O3S2/c1-22-12-14-23(15-13-22)21-38-27-10-5-7-24(17-27)30-25(19-35(33-30)26-8-3-2-4-9-26)18-29-31(36)34(32(39)40-29)20-28-11-6-16-37-28/h2-19H,20-21H2,1H3. The Morgan fingerprint density at radius 3 is 2.60 bits per heavy atom. The Morgan fingerprint density at radius 2 is 1.82 bits per heavy atom. The molecular formula is C32H25N3O3S2. The van der Waals surface area contributed by atoms with Gasteiger partial charge < -0.3 is 9.15 Å². The Morgan fingerprint density at radius 1 is 1.00 bits per heavy atom. The molecule has 1 amide bonds. The summed E-state index contributed by atoms with van der Waals surface area (Å²) in [4.78, 5) is 15.4. The van der Waals surface area contributed by atoms with Gasteiger partial charge in [-0.3, -0.25) is 9.69 Å². The lowest BCUT2D eigenvalue weighted by Gasteiger charge is -2.11. The number of aryl methyl sites for hydroxylation is 1. The molecule has 0 radical (unpaired) electrons. The Bertz CT molecular complexity index is 1690. The van der Waals surface area contributed by atoms with Gasteiger partial charge in [0.15, 0.2) is 0 Å². The molecule has 0 unspecified atom stereocenters. The van der Waals surface area contributed by atoms with Crippen LogP contribution in [0.15, 0.2) is 113 Å².